The predicted molar refractivity (Wildman–Crippen MR) is 135 cm³/mol. The van der Waals surface area contributed by atoms with Gasteiger partial charge < -0.3 is 4.43 Å². The summed E-state index contributed by atoms with van der Waals surface area (Å²) in [5.41, 5.74) is 0. The maximum Gasteiger partial charge on any atom is 0.184 e. The van der Waals surface area contributed by atoms with Gasteiger partial charge in [-0.2, -0.15) is 0 Å². The Hall–Kier alpha value is -0.506. The highest BCUT2D eigenvalue weighted by atomic mass is 32.1. The molecule has 0 fully saturated rings. The van der Waals surface area contributed by atoms with Crippen molar-refractivity contribution in [2.45, 2.75) is 58.7 Å². The van der Waals surface area contributed by atoms with Crippen LogP contribution >= 0.6 is 34.0 Å². The molecule has 27 heavy (non-hydrogen) atoms. The van der Waals surface area contributed by atoms with Crippen molar-refractivity contribution in [3.8, 4) is 0 Å². The zero-order chi connectivity index (χ0) is 20.0. The molecule has 0 amide bonds. The number of fused-ring (bicyclic) bond motifs is 3. The molecule has 0 saturated carbocycles. The Morgan fingerprint density at radius 2 is 1.81 bits per heavy atom. The normalized spacial score (nSPS) is 14.6. The Balaban J connectivity index is 2.30. The summed E-state index contributed by atoms with van der Waals surface area (Å²) in [4.78, 5) is 2.81. The van der Waals surface area contributed by atoms with Gasteiger partial charge in [0.2, 0.25) is 0 Å². The van der Waals surface area contributed by atoms with Crippen LogP contribution in [0.3, 0.4) is 0 Å². The smallest absolute Gasteiger partial charge is 0.184 e. The van der Waals surface area contributed by atoms with E-state index in [9.17, 15) is 0 Å². The number of hydrogen-bond donors (Lipinski definition) is 0. The van der Waals surface area contributed by atoms with Gasteiger partial charge in [-0.15, -0.1) is 40.6 Å². The minimum atomic E-state index is -1.64. The first kappa shape index (κ1) is 21.2. The van der Waals surface area contributed by atoms with Crippen LogP contribution in [-0.4, -0.2) is 16.4 Å². The van der Waals surface area contributed by atoms with Crippen molar-refractivity contribution < 1.29 is 4.43 Å². The minimum absolute atomic E-state index is 0.128. The van der Waals surface area contributed by atoms with Crippen LogP contribution in [0.15, 0.2) is 24.1 Å². The number of thiophene rings is 3. The molecular formula is C21H30OS3Si2. The lowest BCUT2D eigenvalue weighted by Crippen LogP contribution is -2.35. The summed E-state index contributed by atoms with van der Waals surface area (Å²) < 4.78 is 11.2. The molecule has 0 spiro atoms. The van der Waals surface area contributed by atoms with Gasteiger partial charge in [0.05, 0.1) is 14.2 Å². The maximum atomic E-state index is 6.60. The summed E-state index contributed by atoms with van der Waals surface area (Å²) >= 11 is 5.87. The molecule has 3 aromatic rings. The van der Waals surface area contributed by atoms with E-state index in [4.69, 9.17) is 4.43 Å². The third-order valence-electron chi connectivity index (χ3n) is 4.31. The third-order valence-corrected chi connectivity index (χ3v) is 12.7. The molecule has 0 aliphatic rings. The second-order valence-electron chi connectivity index (χ2n) is 8.93. The van der Waals surface area contributed by atoms with E-state index in [2.05, 4.69) is 70.3 Å². The molecule has 1 nitrogen and oxygen atoms in total. The molecule has 3 aromatic heterocycles. The van der Waals surface area contributed by atoms with E-state index in [0.29, 0.717) is 0 Å². The first-order chi connectivity index (χ1) is 12.6. The van der Waals surface area contributed by atoms with Crippen molar-refractivity contribution in [1.82, 2.24) is 0 Å². The minimum Gasteiger partial charge on any atom is -0.410 e. The fourth-order valence-electron chi connectivity index (χ4n) is 3.34. The van der Waals surface area contributed by atoms with Crippen LogP contribution in [0.25, 0.3) is 26.2 Å². The molecule has 3 heterocycles. The molecule has 1 unspecified atom stereocenters. The molecule has 0 N–H and O–H groups in total. The lowest BCUT2D eigenvalue weighted by atomic mass is 10.1. The number of hydrogen-bond acceptors (Lipinski definition) is 4. The first-order valence-electron chi connectivity index (χ1n) is 9.45. The highest BCUT2D eigenvalue weighted by Gasteiger charge is 2.30. The highest BCUT2D eigenvalue weighted by molar-refractivity contribution is 7.38. The van der Waals surface area contributed by atoms with Gasteiger partial charge in [-0.05, 0) is 39.1 Å². The van der Waals surface area contributed by atoms with Gasteiger partial charge in [-0.3, -0.25) is 0 Å². The summed E-state index contributed by atoms with van der Waals surface area (Å²) in [6.07, 6.45) is 7.48. The van der Waals surface area contributed by atoms with Crippen LogP contribution in [0.4, 0.5) is 0 Å². The summed E-state index contributed by atoms with van der Waals surface area (Å²) in [5.74, 6) is 0. The molecule has 0 aromatic carbocycles. The van der Waals surface area contributed by atoms with Crippen molar-refractivity contribution in [2.24, 2.45) is 0 Å². The fraction of sp³-hybridized carbons (Fsp3) is 0.429. The largest absolute Gasteiger partial charge is 0.410 e. The van der Waals surface area contributed by atoms with Crippen LogP contribution in [0.2, 0.25) is 39.3 Å². The van der Waals surface area contributed by atoms with Crippen molar-refractivity contribution in [1.29, 1.82) is 0 Å². The Bertz CT molecular complexity index is 993. The van der Waals surface area contributed by atoms with E-state index >= 15 is 0 Å². The lowest BCUT2D eigenvalue weighted by molar-refractivity contribution is 0.207. The predicted octanol–water partition coefficient (Wildman–Crippen LogP) is 8.22. The zero-order valence-corrected chi connectivity index (χ0v) is 21.9. The molecule has 0 aliphatic carbocycles. The SMILES string of the molecule is C=CCC(O[Si](C)(C)C)c1scc2sc3c([Si](C)(C)C)sc(/C=C/C)c3c12. The molecule has 3 rings (SSSR count). The van der Waals surface area contributed by atoms with E-state index < -0.39 is 16.4 Å². The lowest BCUT2D eigenvalue weighted by Gasteiger charge is -2.25. The molecule has 0 saturated heterocycles. The standard InChI is InChI=1S/C21H30OS3Si2/c1-9-11-14(22-27(6,7)8)19-18-16(13-23-19)24-20-17(18)15(12-10-2)25-21(20)26(3,4)5/h9-10,12-14H,1,11H2,2-8H3/b12-10+. The summed E-state index contributed by atoms with van der Waals surface area (Å²) in [7, 11) is -3.03. The maximum absolute atomic E-state index is 6.60. The van der Waals surface area contributed by atoms with Gasteiger partial charge in [-0.1, -0.05) is 31.8 Å². The van der Waals surface area contributed by atoms with E-state index in [1.54, 1.807) is 4.50 Å². The van der Waals surface area contributed by atoms with Crippen molar-refractivity contribution >= 4 is 81.2 Å². The van der Waals surface area contributed by atoms with Gasteiger partial charge in [0, 0.05) is 39.8 Å². The summed E-state index contributed by atoms with van der Waals surface area (Å²) in [6, 6.07) is 0. The van der Waals surface area contributed by atoms with Gasteiger partial charge in [-0.25, -0.2) is 0 Å². The van der Waals surface area contributed by atoms with Crippen molar-refractivity contribution in [2.75, 3.05) is 0 Å². The highest BCUT2D eigenvalue weighted by Crippen LogP contribution is 2.47. The van der Waals surface area contributed by atoms with Crippen LogP contribution in [-0.2, 0) is 4.43 Å². The van der Waals surface area contributed by atoms with Crippen molar-refractivity contribution in [3.05, 3.63) is 33.9 Å². The second-order valence-corrected chi connectivity index (χ2v) is 21.8. The molecule has 0 radical (unpaired) electrons. The van der Waals surface area contributed by atoms with E-state index in [1.165, 1.54) is 29.9 Å². The van der Waals surface area contributed by atoms with Gasteiger partial charge >= 0.3 is 0 Å². The molecule has 0 aliphatic heterocycles. The molecule has 6 heteroatoms. The summed E-state index contributed by atoms with van der Waals surface area (Å²) in [5, 5.41) is 5.26. The Kier molecular flexibility index (Phi) is 6.07. The molecular weight excluding hydrogens is 421 g/mol. The van der Waals surface area contributed by atoms with Crippen LogP contribution in [0.1, 0.15) is 29.2 Å². The Labute approximate surface area is 177 Å². The average Bonchev–Trinajstić information content (AvgIpc) is 3.15. The topological polar surface area (TPSA) is 9.23 Å². The van der Waals surface area contributed by atoms with Crippen molar-refractivity contribution in [3.63, 3.8) is 0 Å². The Morgan fingerprint density at radius 1 is 1.11 bits per heavy atom. The molecule has 1 atom stereocenters. The first-order valence-corrected chi connectivity index (χ1v) is 18.9. The van der Waals surface area contributed by atoms with Crippen LogP contribution < -0.4 is 4.50 Å². The van der Waals surface area contributed by atoms with Gasteiger partial charge in [0.15, 0.2) is 8.32 Å². The summed E-state index contributed by atoms with van der Waals surface area (Å²) in [6.45, 7) is 20.3. The van der Waals surface area contributed by atoms with Gasteiger partial charge in [0.1, 0.15) is 0 Å². The van der Waals surface area contributed by atoms with E-state index in [-0.39, 0.29) is 6.10 Å². The van der Waals surface area contributed by atoms with Gasteiger partial charge in [0.25, 0.3) is 0 Å². The average molecular weight is 451 g/mol. The van der Waals surface area contributed by atoms with Crippen LogP contribution in [0, 0.1) is 0 Å². The Morgan fingerprint density at radius 3 is 2.37 bits per heavy atom. The number of allylic oxidation sites excluding steroid dienone is 1. The number of rotatable bonds is 7. The van der Waals surface area contributed by atoms with Crippen LogP contribution in [0.5, 0.6) is 0 Å². The quantitative estimate of drug-likeness (QED) is 0.260. The fourth-order valence-corrected chi connectivity index (χ4v) is 11.5. The molecule has 146 valence electrons. The third kappa shape index (κ3) is 4.26. The van der Waals surface area contributed by atoms with E-state index in [1.807, 2.05) is 40.1 Å². The van der Waals surface area contributed by atoms with E-state index in [0.717, 1.165) is 6.42 Å². The zero-order valence-electron chi connectivity index (χ0n) is 17.4. The molecule has 0 bridgehead atoms. The second kappa shape index (κ2) is 7.73. The monoisotopic (exact) mass is 450 g/mol.